The molecule has 4 rings (SSSR count). The molecule has 29 heavy (non-hydrogen) atoms. The number of hydrogen-bond acceptors (Lipinski definition) is 5. The Bertz CT molecular complexity index is 1020. The first-order valence-corrected chi connectivity index (χ1v) is 9.19. The maximum atomic E-state index is 12.8. The number of hydrogen-bond donors (Lipinski definition) is 1. The van der Waals surface area contributed by atoms with Crippen molar-refractivity contribution in [3.8, 4) is 28.5 Å². The van der Waals surface area contributed by atoms with Crippen LogP contribution in [0.25, 0.3) is 11.3 Å². The summed E-state index contributed by atoms with van der Waals surface area (Å²) < 4.78 is 16.4. The van der Waals surface area contributed by atoms with Gasteiger partial charge in [-0.3, -0.25) is 4.90 Å². The first kappa shape index (κ1) is 18.6. The van der Waals surface area contributed by atoms with E-state index in [9.17, 15) is 4.79 Å². The summed E-state index contributed by atoms with van der Waals surface area (Å²) in [7, 11) is 3.18. The van der Waals surface area contributed by atoms with Crippen molar-refractivity contribution in [2.24, 2.45) is 0 Å². The number of carbonyl (C=O) groups excluding carboxylic acids is 1. The van der Waals surface area contributed by atoms with Crippen LogP contribution in [0.2, 0.25) is 0 Å². The Morgan fingerprint density at radius 2 is 1.83 bits per heavy atom. The fourth-order valence-electron chi connectivity index (χ4n) is 3.16. The molecule has 2 heterocycles. The summed E-state index contributed by atoms with van der Waals surface area (Å²) in [4.78, 5) is 19.1. The Morgan fingerprint density at radius 1 is 1.03 bits per heavy atom. The molecule has 1 aliphatic heterocycles. The van der Waals surface area contributed by atoms with E-state index in [0.29, 0.717) is 41.9 Å². The number of urea groups is 1. The molecule has 0 radical (unpaired) electrons. The van der Waals surface area contributed by atoms with Crippen molar-refractivity contribution < 1.29 is 19.0 Å². The lowest BCUT2D eigenvalue weighted by Crippen LogP contribution is -2.41. The molecule has 0 saturated carbocycles. The van der Waals surface area contributed by atoms with Crippen molar-refractivity contribution in [2.45, 2.75) is 0 Å². The zero-order valence-corrected chi connectivity index (χ0v) is 16.2. The number of amides is 2. The van der Waals surface area contributed by atoms with Gasteiger partial charge >= 0.3 is 6.03 Å². The molecule has 0 unspecified atom stereocenters. The molecule has 1 aliphatic rings. The number of nitrogens with zero attached hydrogens (tertiary/aromatic N) is 2. The van der Waals surface area contributed by atoms with Crippen molar-refractivity contribution >= 4 is 17.5 Å². The zero-order valence-electron chi connectivity index (χ0n) is 16.2. The van der Waals surface area contributed by atoms with Crippen LogP contribution in [0.3, 0.4) is 0 Å². The quantitative estimate of drug-likeness (QED) is 0.722. The van der Waals surface area contributed by atoms with Gasteiger partial charge in [0.05, 0.1) is 26.5 Å². The lowest BCUT2D eigenvalue weighted by Gasteiger charge is -2.28. The number of anilines is 2. The van der Waals surface area contributed by atoms with Crippen molar-refractivity contribution in [1.29, 1.82) is 0 Å². The Balaban J connectivity index is 1.66. The highest BCUT2D eigenvalue weighted by molar-refractivity contribution is 6.02. The molecule has 0 saturated heterocycles. The molecule has 2 amide bonds. The second-order valence-electron chi connectivity index (χ2n) is 6.38. The molecule has 1 N–H and O–H groups in total. The molecular formula is C22H21N3O4. The van der Waals surface area contributed by atoms with Crippen LogP contribution >= 0.6 is 0 Å². The normalized spacial score (nSPS) is 12.6. The fourth-order valence-corrected chi connectivity index (χ4v) is 3.16. The summed E-state index contributed by atoms with van der Waals surface area (Å²) in [5.74, 6) is 2.31. The summed E-state index contributed by atoms with van der Waals surface area (Å²) >= 11 is 0. The van der Waals surface area contributed by atoms with E-state index in [4.69, 9.17) is 19.2 Å². The van der Waals surface area contributed by atoms with Crippen molar-refractivity contribution in [3.05, 3.63) is 60.7 Å². The predicted molar refractivity (Wildman–Crippen MR) is 111 cm³/mol. The largest absolute Gasteiger partial charge is 0.493 e. The van der Waals surface area contributed by atoms with E-state index in [-0.39, 0.29) is 6.03 Å². The van der Waals surface area contributed by atoms with E-state index in [0.717, 1.165) is 11.3 Å². The number of methoxy groups -OCH3 is 2. The minimum absolute atomic E-state index is 0.252. The molecule has 0 aliphatic carbocycles. The molecule has 148 valence electrons. The Kier molecular flexibility index (Phi) is 5.20. The van der Waals surface area contributed by atoms with Gasteiger partial charge < -0.3 is 19.5 Å². The number of benzene rings is 2. The van der Waals surface area contributed by atoms with Crippen molar-refractivity contribution in [2.75, 3.05) is 37.6 Å². The first-order chi connectivity index (χ1) is 14.2. The standard InChI is InChI=1S/C22H21N3O4/c1-27-18-10-8-15(14-20(18)28-2)17-9-11-19-21(24-17)25(12-13-29-19)22(26)23-16-6-4-3-5-7-16/h3-11,14H,12-13H2,1-2H3,(H,23,26). The van der Waals surface area contributed by atoms with Crippen LogP contribution in [0.1, 0.15) is 0 Å². The lowest BCUT2D eigenvalue weighted by molar-refractivity contribution is 0.249. The summed E-state index contributed by atoms with van der Waals surface area (Å²) in [6.07, 6.45) is 0. The predicted octanol–water partition coefficient (Wildman–Crippen LogP) is 4.20. The minimum Gasteiger partial charge on any atom is -0.493 e. The SMILES string of the molecule is COc1ccc(-c2ccc3c(n2)N(C(=O)Nc2ccccc2)CCO3)cc1OC. The number of nitrogens with one attached hydrogen (secondary N) is 1. The van der Waals surface area contributed by atoms with Crippen LogP contribution in [0, 0.1) is 0 Å². The van der Waals surface area contributed by atoms with Gasteiger partial charge in [0.1, 0.15) is 6.61 Å². The Hall–Kier alpha value is -3.74. The lowest BCUT2D eigenvalue weighted by atomic mass is 10.1. The molecule has 7 nitrogen and oxygen atoms in total. The van der Waals surface area contributed by atoms with Gasteiger partial charge in [0.2, 0.25) is 0 Å². The third kappa shape index (κ3) is 3.80. The number of para-hydroxylation sites is 1. The second-order valence-corrected chi connectivity index (χ2v) is 6.38. The van der Waals surface area contributed by atoms with Crippen LogP contribution in [0.5, 0.6) is 17.2 Å². The highest BCUT2D eigenvalue weighted by Gasteiger charge is 2.26. The number of carbonyl (C=O) groups is 1. The van der Waals surface area contributed by atoms with Gasteiger partial charge in [0, 0.05) is 11.3 Å². The molecule has 3 aromatic rings. The van der Waals surface area contributed by atoms with Crippen molar-refractivity contribution in [1.82, 2.24) is 4.98 Å². The van der Waals surface area contributed by atoms with Gasteiger partial charge in [0.25, 0.3) is 0 Å². The minimum atomic E-state index is -0.252. The summed E-state index contributed by atoms with van der Waals surface area (Å²) in [5.41, 5.74) is 2.27. The number of rotatable bonds is 4. The van der Waals surface area contributed by atoms with Crippen LogP contribution in [-0.4, -0.2) is 38.4 Å². The van der Waals surface area contributed by atoms with Crippen LogP contribution in [0.15, 0.2) is 60.7 Å². The van der Waals surface area contributed by atoms with Crippen LogP contribution in [-0.2, 0) is 0 Å². The van der Waals surface area contributed by atoms with Crippen molar-refractivity contribution in [3.63, 3.8) is 0 Å². The second kappa shape index (κ2) is 8.10. The molecule has 1 aromatic heterocycles. The van der Waals surface area contributed by atoms with Gasteiger partial charge in [-0.1, -0.05) is 18.2 Å². The molecule has 2 aromatic carbocycles. The Morgan fingerprint density at radius 3 is 2.59 bits per heavy atom. The first-order valence-electron chi connectivity index (χ1n) is 9.19. The molecular weight excluding hydrogens is 370 g/mol. The maximum absolute atomic E-state index is 12.8. The average Bonchev–Trinajstić information content (AvgIpc) is 2.78. The molecule has 7 heteroatoms. The smallest absolute Gasteiger partial charge is 0.327 e. The van der Waals surface area contributed by atoms with Gasteiger partial charge in [-0.25, -0.2) is 9.78 Å². The highest BCUT2D eigenvalue weighted by atomic mass is 16.5. The van der Waals surface area contributed by atoms with E-state index in [1.807, 2.05) is 60.7 Å². The number of aromatic nitrogens is 1. The molecule has 0 spiro atoms. The highest BCUT2D eigenvalue weighted by Crippen LogP contribution is 2.36. The van der Waals surface area contributed by atoms with Gasteiger partial charge in [-0.15, -0.1) is 0 Å². The number of ether oxygens (including phenoxy) is 3. The Labute approximate surface area is 168 Å². The fraction of sp³-hybridized carbons (Fsp3) is 0.182. The van der Waals surface area contributed by atoms with E-state index in [1.54, 1.807) is 19.1 Å². The zero-order chi connectivity index (χ0) is 20.2. The van der Waals surface area contributed by atoms with E-state index in [2.05, 4.69) is 5.32 Å². The monoisotopic (exact) mass is 391 g/mol. The van der Waals surface area contributed by atoms with Gasteiger partial charge in [-0.05, 0) is 42.5 Å². The molecule has 0 fully saturated rings. The summed E-state index contributed by atoms with van der Waals surface area (Å²) in [6.45, 7) is 0.820. The summed E-state index contributed by atoms with van der Waals surface area (Å²) in [5, 5.41) is 2.90. The molecule has 0 bridgehead atoms. The number of fused-ring (bicyclic) bond motifs is 1. The van der Waals surface area contributed by atoms with Crippen LogP contribution in [0.4, 0.5) is 16.3 Å². The van der Waals surface area contributed by atoms with Gasteiger partial charge in [0.15, 0.2) is 23.1 Å². The third-order valence-corrected chi connectivity index (χ3v) is 4.62. The average molecular weight is 391 g/mol. The topological polar surface area (TPSA) is 72.9 Å². The van der Waals surface area contributed by atoms with E-state index < -0.39 is 0 Å². The summed E-state index contributed by atoms with van der Waals surface area (Å²) in [6, 6.07) is 18.3. The van der Waals surface area contributed by atoms with E-state index in [1.165, 1.54) is 0 Å². The van der Waals surface area contributed by atoms with Gasteiger partial charge in [-0.2, -0.15) is 0 Å². The van der Waals surface area contributed by atoms with Crippen LogP contribution < -0.4 is 24.4 Å². The van der Waals surface area contributed by atoms with E-state index >= 15 is 0 Å². The number of pyridine rings is 1. The molecule has 0 atom stereocenters. The third-order valence-electron chi connectivity index (χ3n) is 4.62. The maximum Gasteiger partial charge on any atom is 0.327 e.